The predicted octanol–water partition coefficient (Wildman–Crippen LogP) is 3.56. The van der Waals surface area contributed by atoms with Gasteiger partial charge in [0, 0.05) is 25.5 Å². The van der Waals surface area contributed by atoms with Crippen LogP contribution in [0.1, 0.15) is 18.9 Å². The average molecular weight is 260 g/mol. The zero-order chi connectivity index (χ0) is 12.4. The Morgan fingerprint density at radius 2 is 1.89 bits per heavy atom. The van der Waals surface area contributed by atoms with E-state index < -0.39 is 0 Å². The van der Waals surface area contributed by atoms with Gasteiger partial charge in [-0.25, -0.2) is 0 Å². The highest BCUT2D eigenvalue weighted by molar-refractivity contribution is 7.71. The van der Waals surface area contributed by atoms with Gasteiger partial charge in [0.1, 0.15) is 0 Å². The summed E-state index contributed by atoms with van der Waals surface area (Å²) in [6, 6.07) is 10.8. The maximum absolute atomic E-state index is 5.43. The van der Waals surface area contributed by atoms with Gasteiger partial charge in [-0.15, -0.1) is 0 Å². The van der Waals surface area contributed by atoms with E-state index in [9.17, 15) is 0 Å². The third-order valence-corrected chi connectivity index (χ3v) is 3.75. The number of benzene rings is 1. The summed E-state index contributed by atoms with van der Waals surface area (Å²) < 4.78 is 8.48. The van der Waals surface area contributed by atoms with Gasteiger partial charge in [-0.2, -0.15) is 0 Å². The molecule has 94 valence electrons. The Morgan fingerprint density at radius 3 is 2.61 bits per heavy atom. The molecule has 0 saturated carbocycles. The molecule has 1 fully saturated rings. The van der Waals surface area contributed by atoms with Crippen molar-refractivity contribution in [2.24, 2.45) is 0 Å². The lowest BCUT2D eigenvalue weighted by Gasteiger charge is -2.25. The lowest BCUT2D eigenvalue weighted by molar-refractivity contribution is 0.0696. The third kappa shape index (κ3) is 2.13. The second-order valence-corrected chi connectivity index (χ2v) is 4.95. The van der Waals surface area contributed by atoms with E-state index in [-0.39, 0.29) is 0 Å². The molecule has 18 heavy (non-hydrogen) atoms. The molecule has 0 spiro atoms. The molecule has 1 aromatic heterocycles. The molecule has 0 atom stereocenters. The van der Waals surface area contributed by atoms with Crippen molar-refractivity contribution >= 4 is 12.2 Å². The molecule has 4 heteroatoms. The molecular weight excluding hydrogens is 244 g/mol. The summed E-state index contributed by atoms with van der Waals surface area (Å²) in [7, 11) is 0. The Balaban J connectivity index is 2.03. The lowest BCUT2D eigenvalue weighted by Crippen LogP contribution is -2.20. The molecule has 0 aliphatic carbocycles. The number of aromatic amines is 1. The van der Waals surface area contributed by atoms with Crippen LogP contribution < -0.4 is 0 Å². The highest BCUT2D eigenvalue weighted by Crippen LogP contribution is 2.28. The van der Waals surface area contributed by atoms with Gasteiger partial charge in [0.2, 0.25) is 0 Å². The number of hydrogen-bond acceptors (Lipinski definition) is 2. The monoisotopic (exact) mass is 260 g/mol. The molecule has 0 unspecified atom stereocenters. The van der Waals surface area contributed by atoms with E-state index in [4.69, 9.17) is 17.0 Å². The van der Waals surface area contributed by atoms with E-state index >= 15 is 0 Å². The molecule has 1 aliphatic heterocycles. The number of ether oxygens (including phenoxy) is 1. The van der Waals surface area contributed by atoms with Crippen molar-refractivity contribution in [1.29, 1.82) is 0 Å². The number of H-pyrrole nitrogens is 1. The molecule has 0 bridgehead atoms. The molecule has 2 heterocycles. The van der Waals surface area contributed by atoms with Crippen LogP contribution in [0.5, 0.6) is 0 Å². The lowest BCUT2D eigenvalue weighted by atomic mass is 10.1. The second kappa shape index (κ2) is 5.08. The standard InChI is InChI=1S/C14H16N2OS/c18-14-15-10-13(11-4-2-1-3-5-11)16(14)12-6-8-17-9-7-12/h1-5,10,12H,6-9H2,(H,15,18). The van der Waals surface area contributed by atoms with Crippen LogP contribution >= 0.6 is 12.2 Å². The van der Waals surface area contributed by atoms with Gasteiger partial charge < -0.3 is 14.3 Å². The maximum Gasteiger partial charge on any atom is 0.177 e. The van der Waals surface area contributed by atoms with Crippen molar-refractivity contribution in [2.75, 3.05) is 13.2 Å². The van der Waals surface area contributed by atoms with Gasteiger partial charge >= 0.3 is 0 Å². The fourth-order valence-corrected chi connectivity index (χ4v) is 2.82. The molecule has 1 N–H and O–H groups in total. The second-order valence-electron chi connectivity index (χ2n) is 4.56. The highest BCUT2D eigenvalue weighted by Gasteiger charge is 2.19. The SMILES string of the molecule is S=c1[nH]cc(-c2ccccc2)n1C1CCOCC1. The summed E-state index contributed by atoms with van der Waals surface area (Å²) in [5, 5.41) is 0. The van der Waals surface area contributed by atoms with Crippen LogP contribution in [0.2, 0.25) is 0 Å². The molecule has 1 aliphatic rings. The molecule has 1 saturated heterocycles. The van der Waals surface area contributed by atoms with Crippen LogP contribution in [0.3, 0.4) is 0 Å². The summed E-state index contributed by atoms with van der Waals surface area (Å²) in [4.78, 5) is 3.17. The van der Waals surface area contributed by atoms with Crippen LogP contribution in [0.15, 0.2) is 36.5 Å². The Kier molecular flexibility index (Phi) is 3.30. The Hall–Kier alpha value is -1.39. The van der Waals surface area contributed by atoms with Gasteiger partial charge in [-0.1, -0.05) is 30.3 Å². The van der Waals surface area contributed by atoms with Crippen molar-refractivity contribution in [1.82, 2.24) is 9.55 Å². The normalized spacial score (nSPS) is 16.9. The maximum atomic E-state index is 5.43. The van der Waals surface area contributed by atoms with E-state index in [1.807, 2.05) is 12.3 Å². The van der Waals surface area contributed by atoms with Crippen molar-refractivity contribution in [3.05, 3.63) is 41.3 Å². The van der Waals surface area contributed by atoms with Crippen LogP contribution in [-0.4, -0.2) is 22.8 Å². The summed E-state index contributed by atoms with van der Waals surface area (Å²) in [6.45, 7) is 1.65. The minimum atomic E-state index is 0.452. The quantitative estimate of drug-likeness (QED) is 0.837. The van der Waals surface area contributed by atoms with Crippen LogP contribution in [0.4, 0.5) is 0 Å². The Bertz CT molecular complexity index is 567. The highest BCUT2D eigenvalue weighted by atomic mass is 32.1. The largest absolute Gasteiger partial charge is 0.381 e. The first kappa shape index (κ1) is 11.7. The fraction of sp³-hybridized carbons (Fsp3) is 0.357. The van der Waals surface area contributed by atoms with E-state index in [1.165, 1.54) is 11.3 Å². The van der Waals surface area contributed by atoms with Crippen LogP contribution in [0, 0.1) is 4.77 Å². The predicted molar refractivity (Wildman–Crippen MR) is 74.1 cm³/mol. The number of hydrogen-bond donors (Lipinski definition) is 1. The Morgan fingerprint density at radius 1 is 1.17 bits per heavy atom. The average Bonchev–Trinajstić information content (AvgIpc) is 2.83. The summed E-state index contributed by atoms with van der Waals surface area (Å²) in [5.41, 5.74) is 2.38. The number of nitrogens with zero attached hydrogens (tertiary/aromatic N) is 1. The first-order valence-electron chi connectivity index (χ1n) is 6.29. The number of rotatable bonds is 2. The molecular formula is C14H16N2OS. The minimum absolute atomic E-state index is 0.452. The fourth-order valence-electron chi connectivity index (χ4n) is 2.52. The van der Waals surface area contributed by atoms with Gasteiger partial charge in [-0.05, 0) is 30.6 Å². The van der Waals surface area contributed by atoms with Crippen LogP contribution in [0.25, 0.3) is 11.3 Å². The molecule has 0 amide bonds. The topological polar surface area (TPSA) is 29.9 Å². The van der Waals surface area contributed by atoms with E-state index in [1.54, 1.807) is 0 Å². The van der Waals surface area contributed by atoms with Crippen molar-refractivity contribution < 1.29 is 4.74 Å². The van der Waals surface area contributed by atoms with Crippen molar-refractivity contribution in [2.45, 2.75) is 18.9 Å². The summed E-state index contributed by atoms with van der Waals surface area (Å²) in [6.07, 6.45) is 4.07. The zero-order valence-electron chi connectivity index (χ0n) is 10.1. The van der Waals surface area contributed by atoms with E-state index in [0.717, 1.165) is 30.8 Å². The summed E-state index contributed by atoms with van der Waals surface area (Å²) >= 11 is 5.42. The third-order valence-electron chi connectivity index (χ3n) is 3.44. The van der Waals surface area contributed by atoms with Crippen LogP contribution in [-0.2, 0) is 4.74 Å². The first-order chi connectivity index (χ1) is 8.86. The van der Waals surface area contributed by atoms with E-state index in [0.29, 0.717) is 6.04 Å². The smallest absolute Gasteiger partial charge is 0.177 e. The molecule has 3 rings (SSSR count). The Labute approximate surface area is 111 Å². The van der Waals surface area contributed by atoms with Gasteiger partial charge in [-0.3, -0.25) is 0 Å². The van der Waals surface area contributed by atoms with Gasteiger partial charge in [0.05, 0.1) is 5.69 Å². The zero-order valence-corrected chi connectivity index (χ0v) is 11.0. The van der Waals surface area contributed by atoms with Crippen molar-refractivity contribution in [3.8, 4) is 11.3 Å². The van der Waals surface area contributed by atoms with Gasteiger partial charge in [0.15, 0.2) is 4.77 Å². The molecule has 3 nitrogen and oxygen atoms in total. The number of aromatic nitrogens is 2. The molecule has 2 aromatic rings. The molecule has 1 aromatic carbocycles. The van der Waals surface area contributed by atoms with Crippen molar-refractivity contribution in [3.63, 3.8) is 0 Å². The number of imidazole rings is 1. The summed E-state index contributed by atoms with van der Waals surface area (Å²) in [5.74, 6) is 0. The first-order valence-corrected chi connectivity index (χ1v) is 6.70. The van der Waals surface area contributed by atoms with E-state index in [2.05, 4.69) is 33.8 Å². The minimum Gasteiger partial charge on any atom is -0.381 e. The molecule has 0 radical (unpaired) electrons. The van der Waals surface area contributed by atoms with Gasteiger partial charge in [0.25, 0.3) is 0 Å². The number of nitrogens with one attached hydrogen (secondary N) is 1.